The third-order valence-electron chi connectivity index (χ3n) is 3.44. The first-order chi connectivity index (χ1) is 10.6. The molecule has 8 heteroatoms. The molecule has 132 valence electrons. The van der Waals surface area contributed by atoms with E-state index in [1.807, 2.05) is 13.8 Å². The maximum absolute atomic E-state index is 12.5. The quantitative estimate of drug-likeness (QED) is 0.773. The molecule has 0 bridgehead atoms. The number of sulfonamides is 1. The van der Waals surface area contributed by atoms with Crippen LogP contribution in [0.4, 0.5) is 0 Å². The minimum absolute atomic E-state index is 0. The summed E-state index contributed by atoms with van der Waals surface area (Å²) >= 11 is 0. The molecule has 1 saturated heterocycles. The highest BCUT2D eigenvalue weighted by Crippen LogP contribution is 2.30. The van der Waals surface area contributed by atoms with Gasteiger partial charge in [-0.05, 0) is 45.4 Å². The first-order valence-corrected chi connectivity index (χ1v) is 9.17. The van der Waals surface area contributed by atoms with E-state index < -0.39 is 10.0 Å². The zero-order valence-electron chi connectivity index (χ0n) is 13.5. The third-order valence-corrected chi connectivity index (χ3v) is 4.96. The summed E-state index contributed by atoms with van der Waals surface area (Å²) < 4.78 is 38.7. The van der Waals surface area contributed by atoms with Gasteiger partial charge in [0.15, 0.2) is 11.5 Å². The SMILES string of the molecule is CCOc1ccc(S(=O)(=O)NC2CCCNC2)cc1OCC.Cl. The molecule has 0 radical (unpaired) electrons. The van der Waals surface area contributed by atoms with Gasteiger partial charge >= 0.3 is 0 Å². The molecule has 0 saturated carbocycles. The van der Waals surface area contributed by atoms with Crippen molar-refractivity contribution in [2.24, 2.45) is 0 Å². The second-order valence-corrected chi connectivity index (χ2v) is 6.85. The maximum Gasteiger partial charge on any atom is 0.241 e. The van der Waals surface area contributed by atoms with E-state index in [2.05, 4.69) is 10.0 Å². The van der Waals surface area contributed by atoms with Crippen LogP contribution in [0.15, 0.2) is 23.1 Å². The molecule has 1 unspecified atom stereocenters. The molecule has 0 amide bonds. The Balaban J connectivity index is 0.00000264. The molecule has 2 N–H and O–H groups in total. The monoisotopic (exact) mass is 364 g/mol. The molecule has 23 heavy (non-hydrogen) atoms. The average molecular weight is 365 g/mol. The van der Waals surface area contributed by atoms with Crippen LogP contribution in [-0.2, 0) is 10.0 Å². The highest BCUT2D eigenvalue weighted by atomic mass is 35.5. The van der Waals surface area contributed by atoms with E-state index in [1.165, 1.54) is 6.07 Å². The fourth-order valence-electron chi connectivity index (χ4n) is 2.44. The van der Waals surface area contributed by atoms with Gasteiger partial charge in [0.05, 0.1) is 18.1 Å². The van der Waals surface area contributed by atoms with Crippen molar-refractivity contribution in [3.63, 3.8) is 0 Å². The fraction of sp³-hybridized carbons (Fsp3) is 0.600. The molecule has 0 aromatic heterocycles. The molecular formula is C15H25ClN2O4S. The molecule has 1 fully saturated rings. The van der Waals surface area contributed by atoms with E-state index in [0.717, 1.165) is 19.4 Å². The standard InChI is InChI=1S/C15H24N2O4S.ClH/c1-3-20-14-8-7-13(10-15(14)21-4-2)22(18,19)17-12-6-5-9-16-11-12;/h7-8,10,12,16-17H,3-6,9,11H2,1-2H3;1H. The number of nitrogens with one attached hydrogen (secondary N) is 2. The summed E-state index contributed by atoms with van der Waals surface area (Å²) in [5.74, 6) is 1.01. The van der Waals surface area contributed by atoms with Gasteiger partial charge in [-0.2, -0.15) is 0 Å². The number of ether oxygens (including phenoxy) is 2. The van der Waals surface area contributed by atoms with Gasteiger partial charge < -0.3 is 14.8 Å². The highest BCUT2D eigenvalue weighted by Gasteiger charge is 2.23. The smallest absolute Gasteiger partial charge is 0.241 e. The van der Waals surface area contributed by atoms with Crippen molar-refractivity contribution in [2.75, 3.05) is 26.3 Å². The third kappa shape index (κ3) is 5.53. The van der Waals surface area contributed by atoms with E-state index in [9.17, 15) is 8.42 Å². The summed E-state index contributed by atoms with van der Waals surface area (Å²) in [6.07, 6.45) is 1.82. The predicted octanol–water partition coefficient (Wildman–Crippen LogP) is 1.94. The van der Waals surface area contributed by atoms with Gasteiger partial charge in [0, 0.05) is 18.7 Å². The second-order valence-electron chi connectivity index (χ2n) is 5.14. The van der Waals surface area contributed by atoms with Gasteiger partial charge in [-0.15, -0.1) is 12.4 Å². The summed E-state index contributed by atoms with van der Waals surface area (Å²) in [7, 11) is -3.56. The Kier molecular flexibility index (Phi) is 8.11. The van der Waals surface area contributed by atoms with Crippen LogP contribution < -0.4 is 19.5 Å². The fourth-order valence-corrected chi connectivity index (χ4v) is 3.72. The normalized spacial score (nSPS) is 18.1. The van der Waals surface area contributed by atoms with Gasteiger partial charge in [-0.25, -0.2) is 13.1 Å². The molecule has 6 nitrogen and oxygen atoms in total. The van der Waals surface area contributed by atoms with Crippen LogP contribution in [-0.4, -0.2) is 40.8 Å². The van der Waals surface area contributed by atoms with Crippen LogP contribution in [0.2, 0.25) is 0 Å². The number of hydrogen-bond donors (Lipinski definition) is 2. The minimum Gasteiger partial charge on any atom is -0.490 e. The molecule has 1 aliphatic heterocycles. The van der Waals surface area contributed by atoms with Crippen LogP contribution in [0, 0.1) is 0 Å². The van der Waals surface area contributed by atoms with E-state index in [4.69, 9.17) is 9.47 Å². The molecule has 1 aromatic carbocycles. The zero-order chi connectivity index (χ0) is 16.0. The van der Waals surface area contributed by atoms with Gasteiger partial charge in [0.25, 0.3) is 0 Å². The van der Waals surface area contributed by atoms with Crippen LogP contribution in [0.1, 0.15) is 26.7 Å². The zero-order valence-corrected chi connectivity index (χ0v) is 15.1. The Hall–Kier alpha value is -1.02. The summed E-state index contributed by atoms with van der Waals surface area (Å²) in [4.78, 5) is 0.199. The number of halogens is 1. The molecule has 0 aliphatic carbocycles. The van der Waals surface area contributed by atoms with Gasteiger partial charge in [0.2, 0.25) is 10.0 Å². The predicted molar refractivity (Wildman–Crippen MR) is 92.2 cm³/mol. The van der Waals surface area contributed by atoms with E-state index in [1.54, 1.807) is 12.1 Å². The highest BCUT2D eigenvalue weighted by molar-refractivity contribution is 7.89. The summed E-state index contributed by atoms with van der Waals surface area (Å²) in [6, 6.07) is 4.64. The topological polar surface area (TPSA) is 76.7 Å². The van der Waals surface area contributed by atoms with E-state index in [-0.39, 0.29) is 23.3 Å². The number of rotatable bonds is 7. The average Bonchev–Trinajstić information content (AvgIpc) is 2.50. The Morgan fingerprint density at radius 2 is 1.91 bits per heavy atom. The van der Waals surface area contributed by atoms with Crippen molar-refractivity contribution in [1.82, 2.24) is 10.0 Å². The largest absolute Gasteiger partial charge is 0.490 e. The molecule has 2 rings (SSSR count). The van der Waals surface area contributed by atoms with Crippen molar-refractivity contribution in [1.29, 1.82) is 0 Å². The first-order valence-electron chi connectivity index (χ1n) is 7.69. The number of hydrogen-bond acceptors (Lipinski definition) is 5. The van der Waals surface area contributed by atoms with Gasteiger partial charge in [-0.1, -0.05) is 0 Å². The second kappa shape index (κ2) is 9.32. The Morgan fingerprint density at radius 1 is 1.22 bits per heavy atom. The lowest BCUT2D eigenvalue weighted by Gasteiger charge is -2.23. The van der Waals surface area contributed by atoms with Crippen LogP contribution in [0.5, 0.6) is 11.5 Å². The Labute approximate surface area is 144 Å². The molecular weight excluding hydrogens is 340 g/mol. The number of piperidine rings is 1. The number of benzene rings is 1. The van der Waals surface area contributed by atoms with Crippen molar-refractivity contribution >= 4 is 22.4 Å². The molecule has 1 atom stereocenters. The molecule has 1 aromatic rings. The molecule has 1 aliphatic rings. The lowest BCUT2D eigenvalue weighted by atomic mass is 10.1. The van der Waals surface area contributed by atoms with Gasteiger partial charge in [-0.3, -0.25) is 0 Å². The summed E-state index contributed by atoms with van der Waals surface area (Å²) in [6.45, 7) is 6.27. The van der Waals surface area contributed by atoms with E-state index >= 15 is 0 Å². The van der Waals surface area contributed by atoms with Crippen LogP contribution >= 0.6 is 12.4 Å². The van der Waals surface area contributed by atoms with Crippen molar-refractivity contribution in [3.8, 4) is 11.5 Å². The molecule has 1 heterocycles. The van der Waals surface area contributed by atoms with E-state index in [0.29, 0.717) is 31.3 Å². The Bertz CT molecular complexity index is 589. The summed E-state index contributed by atoms with van der Waals surface area (Å²) in [5, 5.41) is 3.19. The minimum atomic E-state index is -3.56. The molecule has 0 spiro atoms. The van der Waals surface area contributed by atoms with Crippen LogP contribution in [0.25, 0.3) is 0 Å². The summed E-state index contributed by atoms with van der Waals surface area (Å²) in [5.41, 5.74) is 0. The lowest BCUT2D eigenvalue weighted by Crippen LogP contribution is -2.45. The maximum atomic E-state index is 12.5. The lowest BCUT2D eigenvalue weighted by molar-refractivity contribution is 0.287. The van der Waals surface area contributed by atoms with Crippen LogP contribution in [0.3, 0.4) is 0 Å². The van der Waals surface area contributed by atoms with Gasteiger partial charge in [0.1, 0.15) is 0 Å². The van der Waals surface area contributed by atoms with Crippen molar-refractivity contribution in [2.45, 2.75) is 37.6 Å². The Morgan fingerprint density at radius 3 is 2.52 bits per heavy atom. The van der Waals surface area contributed by atoms with Crippen molar-refractivity contribution < 1.29 is 17.9 Å². The first kappa shape index (κ1) is 20.0. The van der Waals surface area contributed by atoms with Crippen molar-refractivity contribution in [3.05, 3.63) is 18.2 Å².